The summed E-state index contributed by atoms with van der Waals surface area (Å²) in [6.45, 7) is 3.08. The second-order valence-corrected chi connectivity index (χ2v) is 5.01. The first-order chi connectivity index (χ1) is 9.20. The number of benzene rings is 2. The van der Waals surface area contributed by atoms with Crippen LogP contribution < -0.4 is 0 Å². The first-order valence-electron chi connectivity index (χ1n) is 6.66. The number of aliphatic hydroxyl groups is 1. The van der Waals surface area contributed by atoms with Crippen molar-refractivity contribution in [2.45, 2.75) is 19.5 Å². The Hall–Kier alpha value is -1.64. The highest BCUT2D eigenvalue weighted by molar-refractivity contribution is 5.63. The van der Waals surface area contributed by atoms with Gasteiger partial charge in [-0.3, -0.25) is 4.90 Å². The molecule has 0 aliphatic rings. The van der Waals surface area contributed by atoms with Gasteiger partial charge in [-0.2, -0.15) is 0 Å². The number of hydrogen-bond acceptors (Lipinski definition) is 2. The molecule has 2 aromatic carbocycles. The van der Waals surface area contributed by atoms with Crippen LogP contribution in [-0.4, -0.2) is 29.7 Å². The zero-order valence-electron chi connectivity index (χ0n) is 11.6. The molecule has 0 aromatic heterocycles. The normalized spacial score (nSPS) is 12.6. The highest BCUT2D eigenvalue weighted by atomic mass is 16.3. The lowest BCUT2D eigenvalue weighted by molar-refractivity contribution is 0.154. The average Bonchev–Trinajstić information content (AvgIpc) is 2.48. The van der Waals surface area contributed by atoms with Crippen molar-refractivity contribution in [2.75, 3.05) is 13.7 Å². The van der Waals surface area contributed by atoms with Gasteiger partial charge in [0.05, 0.1) is 6.61 Å². The second kappa shape index (κ2) is 6.50. The van der Waals surface area contributed by atoms with E-state index in [1.807, 2.05) is 20.0 Å². The summed E-state index contributed by atoms with van der Waals surface area (Å²) in [6.07, 6.45) is 0. The molecule has 0 heterocycles. The molecule has 1 atom stereocenters. The average molecular weight is 255 g/mol. The molecular weight excluding hydrogens is 234 g/mol. The third-order valence-corrected chi connectivity index (χ3v) is 3.51. The van der Waals surface area contributed by atoms with Gasteiger partial charge in [-0.15, -0.1) is 0 Å². The van der Waals surface area contributed by atoms with E-state index in [0.717, 1.165) is 6.54 Å². The molecule has 0 aliphatic heterocycles. The van der Waals surface area contributed by atoms with Crippen LogP contribution in [0.15, 0.2) is 54.6 Å². The molecule has 0 saturated heterocycles. The van der Waals surface area contributed by atoms with Gasteiger partial charge in [0.15, 0.2) is 0 Å². The number of rotatable bonds is 5. The maximum Gasteiger partial charge on any atom is 0.0584 e. The molecule has 0 aliphatic carbocycles. The number of aliphatic hydroxyl groups excluding tert-OH is 1. The van der Waals surface area contributed by atoms with Crippen molar-refractivity contribution < 1.29 is 5.11 Å². The zero-order valence-corrected chi connectivity index (χ0v) is 11.6. The predicted octanol–water partition coefficient (Wildman–Crippen LogP) is 3.17. The van der Waals surface area contributed by atoms with Crippen molar-refractivity contribution >= 4 is 0 Å². The Bertz CT molecular complexity index is 492. The van der Waals surface area contributed by atoms with Crippen LogP contribution in [0.1, 0.15) is 12.5 Å². The summed E-state index contributed by atoms with van der Waals surface area (Å²) in [5, 5.41) is 9.13. The van der Waals surface area contributed by atoms with Crippen LogP contribution in [0.25, 0.3) is 11.1 Å². The van der Waals surface area contributed by atoms with Crippen LogP contribution >= 0.6 is 0 Å². The summed E-state index contributed by atoms with van der Waals surface area (Å²) in [5.74, 6) is 0. The van der Waals surface area contributed by atoms with E-state index in [0.29, 0.717) is 0 Å². The van der Waals surface area contributed by atoms with E-state index in [-0.39, 0.29) is 12.6 Å². The monoisotopic (exact) mass is 255 g/mol. The molecule has 2 aromatic rings. The Kier molecular flexibility index (Phi) is 4.72. The lowest BCUT2D eigenvalue weighted by atomic mass is 10.0. The fourth-order valence-corrected chi connectivity index (χ4v) is 2.02. The molecule has 0 fully saturated rings. The van der Waals surface area contributed by atoms with Gasteiger partial charge >= 0.3 is 0 Å². The minimum absolute atomic E-state index is 0.189. The van der Waals surface area contributed by atoms with Gasteiger partial charge in [-0.1, -0.05) is 54.6 Å². The van der Waals surface area contributed by atoms with Gasteiger partial charge in [-0.05, 0) is 30.7 Å². The van der Waals surface area contributed by atoms with Crippen molar-refractivity contribution in [2.24, 2.45) is 0 Å². The Morgan fingerprint density at radius 1 is 0.947 bits per heavy atom. The molecule has 1 N–H and O–H groups in total. The summed E-state index contributed by atoms with van der Waals surface area (Å²) < 4.78 is 0. The number of nitrogens with zero attached hydrogens (tertiary/aromatic N) is 1. The van der Waals surface area contributed by atoms with Crippen LogP contribution in [0, 0.1) is 0 Å². The molecule has 2 nitrogen and oxygen atoms in total. The predicted molar refractivity (Wildman–Crippen MR) is 79.9 cm³/mol. The Balaban J connectivity index is 2.07. The van der Waals surface area contributed by atoms with Crippen molar-refractivity contribution in [3.63, 3.8) is 0 Å². The number of hydrogen-bond donors (Lipinski definition) is 1. The van der Waals surface area contributed by atoms with Gasteiger partial charge in [0, 0.05) is 12.6 Å². The Morgan fingerprint density at radius 2 is 1.53 bits per heavy atom. The maximum atomic E-state index is 9.13. The molecule has 2 heteroatoms. The minimum atomic E-state index is 0.189. The highest BCUT2D eigenvalue weighted by Crippen LogP contribution is 2.19. The largest absolute Gasteiger partial charge is 0.395 e. The maximum absolute atomic E-state index is 9.13. The van der Waals surface area contributed by atoms with E-state index in [1.54, 1.807) is 0 Å². The summed E-state index contributed by atoms with van der Waals surface area (Å²) >= 11 is 0. The first kappa shape index (κ1) is 13.8. The van der Waals surface area contributed by atoms with E-state index in [1.165, 1.54) is 16.7 Å². The zero-order chi connectivity index (χ0) is 13.7. The molecule has 0 radical (unpaired) electrons. The Labute approximate surface area is 115 Å². The van der Waals surface area contributed by atoms with Crippen LogP contribution in [0.2, 0.25) is 0 Å². The van der Waals surface area contributed by atoms with E-state index in [2.05, 4.69) is 53.4 Å². The van der Waals surface area contributed by atoms with E-state index < -0.39 is 0 Å². The van der Waals surface area contributed by atoms with Gasteiger partial charge < -0.3 is 5.11 Å². The third-order valence-electron chi connectivity index (χ3n) is 3.51. The fraction of sp³-hybridized carbons (Fsp3) is 0.294. The van der Waals surface area contributed by atoms with Crippen molar-refractivity contribution in [3.8, 4) is 11.1 Å². The van der Waals surface area contributed by atoms with Gasteiger partial charge in [-0.25, -0.2) is 0 Å². The molecule has 1 unspecified atom stereocenters. The highest BCUT2D eigenvalue weighted by Gasteiger charge is 2.08. The minimum Gasteiger partial charge on any atom is -0.395 e. The van der Waals surface area contributed by atoms with Gasteiger partial charge in [0.25, 0.3) is 0 Å². The summed E-state index contributed by atoms with van der Waals surface area (Å²) in [5.41, 5.74) is 3.75. The Morgan fingerprint density at radius 3 is 2.11 bits per heavy atom. The van der Waals surface area contributed by atoms with E-state index in [4.69, 9.17) is 5.11 Å². The lowest BCUT2D eigenvalue weighted by Crippen LogP contribution is -2.31. The van der Waals surface area contributed by atoms with Crippen LogP contribution in [0.3, 0.4) is 0 Å². The van der Waals surface area contributed by atoms with E-state index >= 15 is 0 Å². The van der Waals surface area contributed by atoms with Crippen molar-refractivity contribution in [1.82, 2.24) is 4.90 Å². The first-order valence-corrected chi connectivity index (χ1v) is 6.66. The standard InChI is InChI=1S/C17H21NO/c1-14(13-19)18(2)12-15-8-10-17(11-9-15)16-6-4-3-5-7-16/h3-11,14,19H,12-13H2,1-2H3. The SMILES string of the molecule is CC(CO)N(C)Cc1ccc(-c2ccccc2)cc1. The summed E-state index contributed by atoms with van der Waals surface area (Å²) in [6, 6.07) is 19.2. The van der Waals surface area contributed by atoms with Crippen molar-refractivity contribution in [3.05, 3.63) is 60.2 Å². The van der Waals surface area contributed by atoms with Crippen LogP contribution in [0.5, 0.6) is 0 Å². The quantitative estimate of drug-likeness (QED) is 0.887. The molecule has 0 bridgehead atoms. The van der Waals surface area contributed by atoms with Crippen LogP contribution in [-0.2, 0) is 6.54 Å². The molecule has 2 rings (SSSR count). The molecule has 0 amide bonds. The smallest absolute Gasteiger partial charge is 0.0584 e. The third kappa shape index (κ3) is 3.66. The van der Waals surface area contributed by atoms with Crippen molar-refractivity contribution in [1.29, 1.82) is 0 Å². The van der Waals surface area contributed by atoms with E-state index in [9.17, 15) is 0 Å². The fourth-order valence-electron chi connectivity index (χ4n) is 2.02. The summed E-state index contributed by atoms with van der Waals surface area (Å²) in [7, 11) is 2.03. The summed E-state index contributed by atoms with van der Waals surface area (Å²) in [4.78, 5) is 2.15. The topological polar surface area (TPSA) is 23.5 Å². The molecule has 19 heavy (non-hydrogen) atoms. The molecular formula is C17H21NO. The van der Waals surface area contributed by atoms with Gasteiger partial charge in [0.1, 0.15) is 0 Å². The second-order valence-electron chi connectivity index (χ2n) is 5.01. The molecule has 0 saturated carbocycles. The number of likely N-dealkylation sites (N-methyl/N-ethyl adjacent to an activating group) is 1. The van der Waals surface area contributed by atoms with Gasteiger partial charge in [0.2, 0.25) is 0 Å². The van der Waals surface area contributed by atoms with Crippen LogP contribution in [0.4, 0.5) is 0 Å². The molecule has 0 spiro atoms. The molecule has 100 valence electrons. The lowest BCUT2D eigenvalue weighted by Gasteiger charge is -2.22.